The maximum atomic E-state index is 4.34. The van der Waals surface area contributed by atoms with Crippen molar-refractivity contribution in [3.8, 4) is 0 Å². The average molecular weight is 206 g/mol. The van der Waals surface area contributed by atoms with Gasteiger partial charge in [0.05, 0.1) is 6.54 Å². The quantitative estimate of drug-likeness (QED) is 0.727. The van der Waals surface area contributed by atoms with Gasteiger partial charge in [-0.3, -0.25) is 4.90 Å². The standard InChI is InChI=1S/C11H18N4/c1-10(7-12-2)8-14-5-6-15-4-3-13-11(15)9-14/h3-4,12H,1,5-9H2,2H3. The van der Waals surface area contributed by atoms with Crippen molar-refractivity contribution in [2.24, 2.45) is 0 Å². The minimum Gasteiger partial charge on any atom is -0.333 e. The highest BCUT2D eigenvalue weighted by Crippen LogP contribution is 2.10. The number of hydrogen-bond donors (Lipinski definition) is 1. The molecular weight excluding hydrogens is 188 g/mol. The fraction of sp³-hybridized carbons (Fsp3) is 0.545. The fourth-order valence-electron chi connectivity index (χ4n) is 1.98. The van der Waals surface area contributed by atoms with Crippen molar-refractivity contribution in [3.05, 3.63) is 30.4 Å². The molecule has 1 aromatic rings. The van der Waals surface area contributed by atoms with Gasteiger partial charge in [-0.1, -0.05) is 6.58 Å². The molecule has 1 aliphatic heterocycles. The summed E-state index contributed by atoms with van der Waals surface area (Å²) in [7, 11) is 1.95. The van der Waals surface area contributed by atoms with E-state index in [-0.39, 0.29) is 0 Å². The zero-order valence-electron chi connectivity index (χ0n) is 9.24. The molecule has 0 aliphatic carbocycles. The van der Waals surface area contributed by atoms with E-state index in [1.165, 1.54) is 11.4 Å². The van der Waals surface area contributed by atoms with Crippen molar-refractivity contribution < 1.29 is 0 Å². The Morgan fingerprint density at radius 2 is 2.47 bits per heavy atom. The van der Waals surface area contributed by atoms with Gasteiger partial charge in [0.1, 0.15) is 5.82 Å². The molecule has 4 heteroatoms. The lowest BCUT2D eigenvalue weighted by molar-refractivity contribution is 0.233. The summed E-state index contributed by atoms with van der Waals surface area (Å²) in [5, 5.41) is 3.12. The van der Waals surface area contributed by atoms with Gasteiger partial charge in [0.25, 0.3) is 0 Å². The molecule has 4 nitrogen and oxygen atoms in total. The molecule has 1 aromatic heterocycles. The first-order chi connectivity index (χ1) is 7.29. The maximum absolute atomic E-state index is 4.34. The fourth-order valence-corrected chi connectivity index (χ4v) is 1.98. The summed E-state index contributed by atoms with van der Waals surface area (Å²) in [6.45, 7) is 8.98. The molecule has 0 fully saturated rings. The van der Waals surface area contributed by atoms with E-state index in [1.807, 2.05) is 13.2 Å². The first kappa shape index (κ1) is 10.4. The van der Waals surface area contributed by atoms with Gasteiger partial charge < -0.3 is 9.88 Å². The van der Waals surface area contributed by atoms with Crippen LogP contribution >= 0.6 is 0 Å². The normalized spacial score (nSPS) is 16.3. The summed E-state index contributed by atoms with van der Waals surface area (Å²) in [6, 6.07) is 0. The van der Waals surface area contributed by atoms with Crippen molar-refractivity contribution >= 4 is 0 Å². The molecule has 15 heavy (non-hydrogen) atoms. The molecule has 1 N–H and O–H groups in total. The van der Waals surface area contributed by atoms with Gasteiger partial charge in [-0.25, -0.2) is 4.98 Å². The van der Waals surface area contributed by atoms with Crippen LogP contribution in [0.3, 0.4) is 0 Å². The van der Waals surface area contributed by atoms with E-state index in [9.17, 15) is 0 Å². The Morgan fingerprint density at radius 1 is 1.60 bits per heavy atom. The highest BCUT2D eigenvalue weighted by atomic mass is 15.2. The minimum atomic E-state index is 0.894. The average Bonchev–Trinajstić information content (AvgIpc) is 2.65. The number of aromatic nitrogens is 2. The molecule has 0 radical (unpaired) electrons. The van der Waals surface area contributed by atoms with Crippen LogP contribution in [0, 0.1) is 0 Å². The van der Waals surface area contributed by atoms with Crippen LogP contribution in [0.2, 0.25) is 0 Å². The number of rotatable bonds is 4. The molecule has 0 aromatic carbocycles. The van der Waals surface area contributed by atoms with Crippen LogP contribution in [0.4, 0.5) is 0 Å². The first-order valence-electron chi connectivity index (χ1n) is 5.33. The Hall–Kier alpha value is -1.13. The molecule has 82 valence electrons. The molecule has 2 rings (SSSR count). The second kappa shape index (κ2) is 4.59. The molecule has 2 heterocycles. The Bertz CT molecular complexity index is 342. The van der Waals surface area contributed by atoms with E-state index < -0.39 is 0 Å². The molecule has 0 bridgehead atoms. The van der Waals surface area contributed by atoms with E-state index in [1.54, 1.807) is 0 Å². The number of imidazole rings is 1. The van der Waals surface area contributed by atoms with Crippen molar-refractivity contribution in [2.75, 3.05) is 26.7 Å². The molecule has 0 saturated heterocycles. The summed E-state index contributed by atoms with van der Waals surface area (Å²) >= 11 is 0. The Kier molecular flexibility index (Phi) is 3.18. The predicted octanol–water partition coefficient (Wildman–Crippen LogP) is 0.474. The summed E-state index contributed by atoms with van der Waals surface area (Å²) in [5.74, 6) is 1.17. The van der Waals surface area contributed by atoms with Crippen LogP contribution in [-0.2, 0) is 13.1 Å². The molecule has 1 aliphatic rings. The van der Waals surface area contributed by atoms with Crippen LogP contribution in [0.1, 0.15) is 5.82 Å². The third kappa shape index (κ3) is 2.46. The Morgan fingerprint density at radius 3 is 3.27 bits per heavy atom. The van der Waals surface area contributed by atoms with Gasteiger partial charge in [-0.15, -0.1) is 0 Å². The van der Waals surface area contributed by atoms with Gasteiger partial charge in [0, 0.05) is 38.6 Å². The molecule has 0 amide bonds. The number of nitrogens with one attached hydrogen (secondary N) is 1. The third-order valence-corrected chi connectivity index (χ3v) is 2.70. The maximum Gasteiger partial charge on any atom is 0.122 e. The zero-order valence-corrected chi connectivity index (χ0v) is 9.24. The van der Waals surface area contributed by atoms with E-state index >= 15 is 0 Å². The van der Waals surface area contributed by atoms with E-state index in [0.29, 0.717) is 0 Å². The minimum absolute atomic E-state index is 0.894. The highest BCUT2D eigenvalue weighted by Gasteiger charge is 2.16. The smallest absolute Gasteiger partial charge is 0.122 e. The third-order valence-electron chi connectivity index (χ3n) is 2.70. The number of nitrogens with zero attached hydrogens (tertiary/aromatic N) is 3. The lowest BCUT2D eigenvalue weighted by Gasteiger charge is -2.28. The van der Waals surface area contributed by atoms with Crippen LogP contribution in [0.5, 0.6) is 0 Å². The van der Waals surface area contributed by atoms with Crippen molar-refractivity contribution in [2.45, 2.75) is 13.1 Å². The Balaban J connectivity index is 1.90. The van der Waals surface area contributed by atoms with Crippen LogP contribution in [0.15, 0.2) is 24.5 Å². The second-order valence-corrected chi connectivity index (χ2v) is 4.03. The van der Waals surface area contributed by atoms with Crippen molar-refractivity contribution in [3.63, 3.8) is 0 Å². The molecule has 0 atom stereocenters. The predicted molar refractivity (Wildman–Crippen MR) is 60.6 cm³/mol. The summed E-state index contributed by atoms with van der Waals surface area (Å²) in [5.41, 5.74) is 1.23. The number of hydrogen-bond acceptors (Lipinski definition) is 3. The van der Waals surface area contributed by atoms with Gasteiger partial charge in [0.15, 0.2) is 0 Å². The second-order valence-electron chi connectivity index (χ2n) is 4.03. The topological polar surface area (TPSA) is 33.1 Å². The lowest BCUT2D eigenvalue weighted by Crippen LogP contribution is -2.36. The SMILES string of the molecule is C=C(CNC)CN1CCn2ccnc2C1. The van der Waals surface area contributed by atoms with Gasteiger partial charge in [0.2, 0.25) is 0 Å². The van der Waals surface area contributed by atoms with E-state index in [2.05, 4.69) is 32.5 Å². The van der Waals surface area contributed by atoms with E-state index in [0.717, 1.165) is 32.7 Å². The van der Waals surface area contributed by atoms with Gasteiger partial charge >= 0.3 is 0 Å². The highest BCUT2D eigenvalue weighted by molar-refractivity contribution is 5.02. The van der Waals surface area contributed by atoms with Crippen molar-refractivity contribution in [1.29, 1.82) is 0 Å². The summed E-state index contributed by atoms with van der Waals surface area (Å²) < 4.78 is 2.22. The Labute approximate surface area is 90.6 Å². The van der Waals surface area contributed by atoms with E-state index in [4.69, 9.17) is 0 Å². The molecule has 0 saturated carbocycles. The number of likely N-dealkylation sites (N-methyl/N-ethyl adjacent to an activating group) is 1. The largest absolute Gasteiger partial charge is 0.333 e. The monoisotopic (exact) mass is 206 g/mol. The van der Waals surface area contributed by atoms with Crippen LogP contribution < -0.4 is 5.32 Å². The van der Waals surface area contributed by atoms with Crippen LogP contribution in [0.25, 0.3) is 0 Å². The van der Waals surface area contributed by atoms with Gasteiger partial charge in [-0.2, -0.15) is 0 Å². The summed E-state index contributed by atoms with van der Waals surface area (Å²) in [4.78, 5) is 6.73. The van der Waals surface area contributed by atoms with Gasteiger partial charge in [-0.05, 0) is 12.6 Å². The molecule has 0 unspecified atom stereocenters. The number of fused-ring (bicyclic) bond motifs is 1. The first-order valence-corrected chi connectivity index (χ1v) is 5.33. The zero-order chi connectivity index (χ0) is 10.7. The van der Waals surface area contributed by atoms with Crippen molar-refractivity contribution in [1.82, 2.24) is 19.8 Å². The molecule has 0 spiro atoms. The lowest BCUT2D eigenvalue weighted by atomic mass is 10.2. The molecular formula is C11H18N4. The van der Waals surface area contributed by atoms with Crippen LogP contribution in [-0.4, -0.2) is 41.1 Å². The summed E-state index contributed by atoms with van der Waals surface area (Å²) in [6.07, 6.45) is 3.93.